The quantitative estimate of drug-likeness (QED) is 0.885. The van der Waals surface area contributed by atoms with Crippen molar-refractivity contribution < 1.29 is 4.79 Å². The molecule has 0 aliphatic carbocycles. The summed E-state index contributed by atoms with van der Waals surface area (Å²) in [5, 5.41) is 3.50. The van der Waals surface area contributed by atoms with Crippen LogP contribution < -0.4 is 5.32 Å². The molecule has 2 rings (SSSR count). The number of benzene rings is 1. The number of hydrogen-bond acceptors (Lipinski definition) is 3. The molecule has 2 aromatic rings. The highest BCUT2D eigenvalue weighted by atomic mass is 79.9. The molecule has 1 aromatic heterocycles. The molecule has 1 aromatic carbocycles. The first-order chi connectivity index (χ1) is 9.19. The molecule has 0 spiro atoms. The van der Waals surface area contributed by atoms with Crippen LogP contribution in [0.5, 0.6) is 0 Å². The van der Waals surface area contributed by atoms with Gasteiger partial charge >= 0.3 is 0 Å². The molecule has 19 heavy (non-hydrogen) atoms. The van der Waals surface area contributed by atoms with E-state index in [1.54, 1.807) is 0 Å². The monoisotopic (exact) mass is 338 g/mol. The molecule has 0 radical (unpaired) electrons. The smallest absolute Gasteiger partial charge is 0.226 e. The number of hydrogen-bond donors (Lipinski definition) is 1. The van der Waals surface area contributed by atoms with E-state index in [9.17, 15) is 4.79 Å². The second-order valence-corrected chi connectivity index (χ2v) is 6.17. The summed E-state index contributed by atoms with van der Waals surface area (Å²) < 4.78 is 1.10. The summed E-state index contributed by atoms with van der Waals surface area (Å²) in [4.78, 5) is 16.9. The van der Waals surface area contributed by atoms with Gasteiger partial charge in [-0.15, -0.1) is 11.3 Å². The van der Waals surface area contributed by atoms with Crippen molar-refractivity contribution in [3.8, 4) is 0 Å². The second kappa shape index (κ2) is 6.82. The molecule has 0 saturated carbocycles. The van der Waals surface area contributed by atoms with Gasteiger partial charge in [0.25, 0.3) is 0 Å². The topological polar surface area (TPSA) is 42.0 Å². The fourth-order valence-electron chi connectivity index (χ4n) is 1.69. The highest BCUT2D eigenvalue weighted by Crippen LogP contribution is 2.24. The first kappa shape index (κ1) is 14.2. The van der Waals surface area contributed by atoms with Gasteiger partial charge in [0.05, 0.1) is 0 Å². The minimum atomic E-state index is 0.0318. The van der Waals surface area contributed by atoms with Gasteiger partial charge in [0.1, 0.15) is 0 Å². The summed E-state index contributed by atoms with van der Waals surface area (Å²) in [5.41, 5.74) is 1.22. The zero-order valence-electron chi connectivity index (χ0n) is 10.6. The fourth-order valence-corrected chi connectivity index (χ4v) is 2.96. The van der Waals surface area contributed by atoms with Crippen molar-refractivity contribution in [1.29, 1.82) is 0 Å². The van der Waals surface area contributed by atoms with Crippen LogP contribution in [-0.2, 0) is 11.2 Å². The average molecular weight is 339 g/mol. The van der Waals surface area contributed by atoms with Gasteiger partial charge in [0.15, 0.2) is 5.13 Å². The molecule has 0 bridgehead atoms. The first-order valence-electron chi connectivity index (χ1n) is 6.17. The van der Waals surface area contributed by atoms with Crippen LogP contribution in [0.4, 0.5) is 5.13 Å². The molecule has 0 aliphatic rings. The van der Waals surface area contributed by atoms with Crippen LogP contribution in [0.25, 0.3) is 0 Å². The number of carbonyl (C=O) groups is 1. The zero-order chi connectivity index (χ0) is 13.7. The lowest BCUT2D eigenvalue weighted by Gasteiger charge is -2.01. The van der Waals surface area contributed by atoms with Crippen LogP contribution in [0.1, 0.15) is 30.2 Å². The Labute approximate surface area is 125 Å². The van der Waals surface area contributed by atoms with Gasteiger partial charge in [0, 0.05) is 28.4 Å². The number of aromatic nitrogens is 1. The molecule has 1 amide bonds. The molecule has 0 fully saturated rings. The lowest BCUT2D eigenvalue weighted by Crippen LogP contribution is -2.09. The van der Waals surface area contributed by atoms with Gasteiger partial charge in [-0.2, -0.15) is 0 Å². The number of nitrogens with one attached hydrogen (secondary N) is 1. The lowest BCUT2D eigenvalue weighted by atomic mass is 10.1. The van der Waals surface area contributed by atoms with Gasteiger partial charge in [-0.25, -0.2) is 4.98 Å². The van der Waals surface area contributed by atoms with Crippen LogP contribution in [0, 0.1) is 0 Å². The minimum absolute atomic E-state index is 0.0318. The van der Waals surface area contributed by atoms with E-state index in [1.165, 1.54) is 16.9 Å². The average Bonchev–Trinajstić information content (AvgIpc) is 2.80. The molecule has 0 atom stereocenters. The molecular formula is C14H15BrN2OS. The predicted octanol–water partition coefficient (Wildman–Crippen LogP) is 4.24. The van der Waals surface area contributed by atoms with Gasteiger partial charge < -0.3 is 5.32 Å². The predicted molar refractivity (Wildman–Crippen MR) is 82.6 cm³/mol. The third-order valence-electron chi connectivity index (χ3n) is 2.60. The molecule has 3 nitrogen and oxygen atoms in total. The highest BCUT2D eigenvalue weighted by molar-refractivity contribution is 9.10. The molecule has 5 heteroatoms. The summed E-state index contributed by atoms with van der Waals surface area (Å²) in [6.45, 7) is 1.99. The third-order valence-corrected chi connectivity index (χ3v) is 4.29. The van der Waals surface area contributed by atoms with E-state index >= 15 is 0 Å². The van der Waals surface area contributed by atoms with E-state index in [4.69, 9.17) is 0 Å². The van der Waals surface area contributed by atoms with Crippen molar-refractivity contribution in [3.63, 3.8) is 0 Å². The SMILES string of the molecule is CCCC(=O)Nc1ncc(Cc2ccccc2Br)s1. The summed E-state index contributed by atoms with van der Waals surface area (Å²) in [7, 11) is 0. The molecule has 0 saturated heterocycles. The van der Waals surface area contributed by atoms with Gasteiger partial charge in [0.2, 0.25) is 5.91 Å². The Balaban J connectivity index is 2.02. The maximum atomic E-state index is 11.5. The Morgan fingerprint density at radius 2 is 2.21 bits per heavy atom. The van der Waals surface area contributed by atoms with Crippen LogP contribution in [-0.4, -0.2) is 10.9 Å². The normalized spacial score (nSPS) is 10.4. The number of amides is 1. The van der Waals surface area contributed by atoms with Gasteiger partial charge in [-0.1, -0.05) is 41.1 Å². The maximum Gasteiger partial charge on any atom is 0.226 e. The fraction of sp³-hybridized carbons (Fsp3) is 0.286. The Bertz CT molecular complexity index is 568. The number of anilines is 1. The van der Waals surface area contributed by atoms with Crippen molar-refractivity contribution in [2.75, 3.05) is 5.32 Å². The summed E-state index contributed by atoms with van der Waals surface area (Å²) in [6.07, 6.45) is 4.04. The molecule has 1 N–H and O–H groups in total. The van der Waals surface area contributed by atoms with E-state index in [0.717, 1.165) is 22.2 Å². The lowest BCUT2D eigenvalue weighted by molar-refractivity contribution is -0.116. The van der Waals surface area contributed by atoms with Crippen LogP contribution in [0.15, 0.2) is 34.9 Å². The molecular weight excluding hydrogens is 324 g/mol. The number of rotatable bonds is 5. The highest BCUT2D eigenvalue weighted by Gasteiger charge is 2.07. The zero-order valence-corrected chi connectivity index (χ0v) is 13.1. The number of thiazole rings is 1. The van der Waals surface area contributed by atoms with Crippen molar-refractivity contribution in [1.82, 2.24) is 4.98 Å². The summed E-state index contributed by atoms with van der Waals surface area (Å²) >= 11 is 5.06. The molecule has 0 aliphatic heterocycles. The first-order valence-corrected chi connectivity index (χ1v) is 7.78. The second-order valence-electron chi connectivity index (χ2n) is 4.20. The largest absolute Gasteiger partial charge is 0.302 e. The standard InChI is InChI=1S/C14H15BrN2OS/c1-2-5-13(18)17-14-16-9-11(19-14)8-10-6-3-4-7-12(10)15/h3-4,6-7,9H,2,5,8H2,1H3,(H,16,17,18). The molecule has 100 valence electrons. The van der Waals surface area contributed by atoms with Crippen LogP contribution >= 0.6 is 27.3 Å². The van der Waals surface area contributed by atoms with E-state index in [1.807, 2.05) is 31.3 Å². The third kappa shape index (κ3) is 4.14. The van der Waals surface area contributed by atoms with Crippen molar-refractivity contribution in [3.05, 3.63) is 45.4 Å². The Hall–Kier alpha value is -1.20. The van der Waals surface area contributed by atoms with Crippen molar-refractivity contribution in [2.24, 2.45) is 0 Å². The number of nitrogens with zero attached hydrogens (tertiary/aromatic N) is 1. The Morgan fingerprint density at radius 1 is 1.42 bits per heavy atom. The van der Waals surface area contributed by atoms with Crippen LogP contribution in [0.3, 0.4) is 0 Å². The van der Waals surface area contributed by atoms with Gasteiger partial charge in [-0.3, -0.25) is 4.79 Å². The van der Waals surface area contributed by atoms with E-state index in [2.05, 4.69) is 32.3 Å². The molecule has 1 heterocycles. The number of halogens is 1. The van der Waals surface area contributed by atoms with Crippen LogP contribution in [0.2, 0.25) is 0 Å². The van der Waals surface area contributed by atoms with Crippen molar-refractivity contribution >= 4 is 38.3 Å². The number of carbonyl (C=O) groups excluding carboxylic acids is 1. The van der Waals surface area contributed by atoms with Crippen molar-refractivity contribution in [2.45, 2.75) is 26.2 Å². The van der Waals surface area contributed by atoms with Gasteiger partial charge in [-0.05, 0) is 18.1 Å². The van der Waals surface area contributed by atoms with E-state index < -0.39 is 0 Å². The maximum absolute atomic E-state index is 11.5. The summed E-state index contributed by atoms with van der Waals surface area (Å²) in [5.74, 6) is 0.0318. The summed E-state index contributed by atoms with van der Waals surface area (Å²) in [6, 6.07) is 8.13. The molecule has 0 unspecified atom stereocenters. The minimum Gasteiger partial charge on any atom is -0.302 e. The van der Waals surface area contributed by atoms with E-state index in [0.29, 0.717) is 11.6 Å². The Kier molecular flexibility index (Phi) is 5.10. The Morgan fingerprint density at radius 3 is 2.95 bits per heavy atom. The van der Waals surface area contributed by atoms with E-state index in [-0.39, 0.29) is 5.91 Å².